The van der Waals surface area contributed by atoms with E-state index in [1.165, 1.54) is 25.7 Å². The number of piperidine rings is 1. The van der Waals surface area contributed by atoms with Crippen molar-refractivity contribution in [3.8, 4) is 0 Å². The molecule has 0 aromatic carbocycles. The van der Waals surface area contributed by atoms with Gasteiger partial charge in [-0.1, -0.05) is 6.42 Å². The predicted octanol–water partition coefficient (Wildman–Crippen LogP) is 1.12. The highest BCUT2D eigenvalue weighted by molar-refractivity contribution is 5.81. The number of amides is 1. The second-order valence-electron chi connectivity index (χ2n) is 5.74. The van der Waals surface area contributed by atoms with Gasteiger partial charge in [0.05, 0.1) is 6.04 Å². The Kier molecular flexibility index (Phi) is 5.01. The van der Waals surface area contributed by atoms with Crippen molar-refractivity contribution >= 4 is 5.91 Å². The molecule has 2 rings (SSSR count). The minimum absolute atomic E-state index is 0.105. The topological polar surface area (TPSA) is 44.4 Å². The Labute approximate surface area is 110 Å². The maximum absolute atomic E-state index is 11.9. The molecule has 2 saturated heterocycles. The number of hydrogen-bond donors (Lipinski definition) is 2. The van der Waals surface area contributed by atoms with Crippen LogP contribution in [0.5, 0.6) is 0 Å². The zero-order valence-electron chi connectivity index (χ0n) is 11.7. The molecule has 18 heavy (non-hydrogen) atoms. The minimum atomic E-state index is 0.105. The number of likely N-dealkylation sites (N-methyl/N-ethyl adjacent to an activating group) is 1. The largest absolute Gasteiger partial charge is 0.358 e. The van der Waals surface area contributed by atoms with E-state index in [9.17, 15) is 4.79 Å². The summed E-state index contributed by atoms with van der Waals surface area (Å²) in [7, 11) is 1.74. The van der Waals surface area contributed by atoms with Gasteiger partial charge in [-0.3, -0.25) is 9.69 Å². The van der Waals surface area contributed by atoms with Crippen LogP contribution in [0.2, 0.25) is 0 Å². The highest BCUT2D eigenvalue weighted by atomic mass is 16.2. The lowest BCUT2D eigenvalue weighted by atomic mass is 9.97. The number of rotatable bonds is 4. The van der Waals surface area contributed by atoms with Gasteiger partial charge in [0.15, 0.2) is 0 Å². The molecule has 4 heteroatoms. The van der Waals surface area contributed by atoms with Crippen molar-refractivity contribution < 1.29 is 4.79 Å². The summed E-state index contributed by atoms with van der Waals surface area (Å²) in [5.74, 6) is 0.191. The maximum Gasteiger partial charge on any atom is 0.237 e. The van der Waals surface area contributed by atoms with Crippen LogP contribution in [0.3, 0.4) is 0 Å². The zero-order chi connectivity index (χ0) is 13.0. The van der Waals surface area contributed by atoms with Gasteiger partial charge in [-0.15, -0.1) is 0 Å². The van der Waals surface area contributed by atoms with Crippen LogP contribution in [0.15, 0.2) is 0 Å². The molecule has 1 amide bonds. The highest BCUT2D eigenvalue weighted by Gasteiger charge is 2.33. The fourth-order valence-corrected chi connectivity index (χ4v) is 3.44. The molecule has 0 bridgehead atoms. The molecule has 0 radical (unpaired) electrons. The first-order valence-electron chi connectivity index (χ1n) is 7.43. The molecular weight excluding hydrogens is 226 g/mol. The zero-order valence-corrected chi connectivity index (χ0v) is 11.7. The molecule has 2 aliphatic heterocycles. The summed E-state index contributed by atoms with van der Waals surface area (Å²) >= 11 is 0. The van der Waals surface area contributed by atoms with Gasteiger partial charge < -0.3 is 10.6 Å². The average molecular weight is 253 g/mol. The van der Waals surface area contributed by atoms with Crippen LogP contribution in [-0.4, -0.2) is 49.1 Å². The molecule has 2 fully saturated rings. The Balaban J connectivity index is 1.86. The van der Waals surface area contributed by atoms with Gasteiger partial charge in [0.1, 0.15) is 0 Å². The third kappa shape index (κ3) is 3.23. The predicted molar refractivity (Wildman–Crippen MR) is 73.5 cm³/mol. The van der Waals surface area contributed by atoms with E-state index in [1.54, 1.807) is 7.05 Å². The Bertz CT molecular complexity index is 276. The summed E-state index contributed by atoms with van der Waals surface area (Å²) in [6.45, 7) is 4.51. The van der Waals surface area contributed by atoms with Crippen molar-refractivity contribution in [3.63, 3.8) is 0 Å². The Hall–Kier alpha value is -0.610. The number of nitrogens with one attached hydrogen (secondary N) is 2. The van der Waals surface area contributed by atoms with Crippen LogP contribution >= 0.6 is 0 Å². The summed E-state index contributed by atoms with van der Waals surface area (Å²) in [6, 6.07) is 1.26. The first kappa shape index (κ1) is 13.8. The second kappa shape index (κ2) is 6.53. The Morgan fingerprint density at radius 1 is 1.39 bits per heavy atom. The standard InChI is InChI=1S/C14H27N3O/c1-11(10-12-6-3-4-8-16-12)17-9-5-7-13(17)14(18)15-2/h11-13,16H,3-10H2,1-2H3,(H,15,18). The first-order chi connectivity index (χ1) is 8.72. The monoisotopic (exact) mass is 253 g/mol. The molecule has 0 spiro atoms. The lowest BCUT2D eigenvalue weighted by Crippen LogP contribution is -2.48. The van der Waals surface area contributed by atoms with Gasteiger partial charge in [-0.2, -0.15) is 0 Å². The summed E-state index contributed by atoms with van der Waals surface area (Å²) in [5, 5.41) is 6.40. The van der Waals surface area contributed by atoms with Gasteiger partial charge in [0.2, 0.25) is 5.91 Å². The van der Waals surface area contributed by atoms with E-state index in [0.717, 1.165) is 25.9 Å². The summed E-state index contributed by atoms with van der Waals surface area (Å²) in [6.07, 6.45) is 7.30. The van der Waals surface area contributed by atoms with Crippen molar-refractivity contribution in [2.75, 3.05) is 20.1 Å². The molecule has 2 aliphatic rings. The minimum Gasteiger partial charge on any atom is -0.358 e. The Morgan fingerprint density at radius 2 is 2.22 bits per heavy atom. The Morgan fingerprint density at radius 3 is 2.89 bits per heavy atom. The van der Waals surface area contributed by atoms with Gasteiger partial charge in [0.25, 0.3) is 0 Å². The van der Waals surface area contributed by atoms with Crippen LogP contribution < -0.4 is 10.6 Å². The van der Waals surface area contributed by atoms with Crippen molar-refractivity contribution in [3.05, 3.63) is 0 Å². The molecule has 0 aromatic heterocycles. The number of nitrogens with zero attached hydrogens (tertiary/aromatic N) is 1. The fourth-order valence-electron chi connectivity index (χ4n) is 3.44. The molecule has 3 atom stereocenters. The fraction of sp³-hybridized carbons (Fsp3) is 0.929. The van der Waals surface area contributed by atoms with Crippen molar-refractivity contribution in [2.45, 2.75) is 63.6 Å². The molecule has 4 nitrogen and oxygen atoms in total. The van der Waals surface area contributed by atoms with E-state index in [4.69, 9.17) is 0 Å². The van der Waals surface area contributed by atoms with E-state index >= 15 is 0 Å². The number of carbonyl (C=O) groups is 1. The summed E-state index contributed by atoms with van der Waals surface area (Å²) < 4.78 is 0. The van der Waals surface area contributed by atoms with Gasteiger partial charge in [-0.25, -0.2) is 0 Å². The van der Waals surface area contributed by atoms with Gasteiger partial charge in [0, 0.05) is 19.1 Å². The lowest BCUT2D eigenvalue weighted by Gasteiger charge is -2.33. The number of carbonyl (C=O) groups excluding carboxylic acids is 1. The molecular formula is C14H27N3O. The van der Waals surface area contributed by atoms with Crippen LogP contribution in [-0.2, 0) is 4.79 Å². The van der Waals surface area contributed by atoms with E-state index in [-0.39, 0.29) is 11.9 Å². The van der Waals surface area contributed by atoms with E-state index in [0.29, 0.717) is 12.1 Å². The molecule has 104 valence electrons. The maximum atomic E-state index is 11.9. The van der Waals surface area contributed by atoms with Gasteiger partial charge >= 0.3 is 0 Å². The van der Waals surface area contributed by atoms with E-state index < -0.39 is 0 Å². The van der Waals surface area contributed by atoms with Crippen LogP contribution in [0.1, 0.15) is 45.4 Å². The highest BCUT2D eigenvalue weighted by Crippen LogP contribution is 2.23. The number of hydrogen-bond acceptors (Lipinski definition) is 3. The molecule has 0 aliphatic carbocycles. The molecule has 2 N–H and O–H groups in total. The van der Waals surface area contributed by atoms with Gasteiger partial charge in [-0.05, 0) is 52.1 Å². The normalized spacial score (nSPS) is 31.2. The molecule has 0 saturated carbocycles. The van der Waals surface area contributed by atoms with Crippen molar-refractivity contribution in [1.29, 1.82) is 0 Å². The molecule has 0 aromatic rings. The van der Waals surface area contributed by atoms with Crippen LogP contribution in [0, 0.1) is 0 Å². The van der Waals surface area contributed by atoms with Crippen LogP contribution in [0.4, 0.5) is 0 Å². The van der Waals surface area contributed by atoms with Crippen LogP contribution in [0.25, 0.3) is 0 Å². The van der Waals surface area contributed by atoms with Crippen molar-refractivity contribution in [2.24, 2.45) is 0 Å². The summed E-state index contributed by atoms with van der Waals surface area (Å²) in [4.78, 5) is 14.3. The smallest absolute Gasteiger partial charge is 0.237 e. The molecule has 2 heterocycles. The average Bonchev–Trinajstić information content (AvgIpc) is 2.88. The number of likely N-dealkylation sites (tertiary alicyclic amines) is 1. The lowest BCUT2D eigenvalue weighted by molar-refractivity contribution is -0.125. The summed E-state index contributed by atoms with van der Waals surface area (Å²) in [5.41, 5.74) is 0. The first-order valence-corrected chi connectivity index (χ1v) is 7.43. The third-order valence-corrected chi connectivity index (χ3v) is 4.45. The van der Waals surface area contributed by atoms with E-state index in [2.05, 4.69) is 22.5 Å². The molecule has 3 unspecified atom stereocenters. The third-order valence-electron chi connectivity index (χ3n) is 4.45. The second-order valence-corrected chi connectivity index (χ2v) is 5.74. The quantitative estimate of drug-likeness (QED) is 0.789. The van der Waals surface area contributed by atoms with E-state index in [1.807, 2.05) is 0 Å². The SMILES string of the molecule is CNC(=O)C1CCCN1C(C)CC1CCCCN1. The van der Waals surface area contributed by atoms with Crippen molar-refractivity contribution in [1.82, 2.24) is 15.5 Å².